The molecule has 0 aromatic heterocycles. The fraction of sp³-hybridized carbons (Fsp3) is 0.471. The van der Waals surface area contributed by atoms with Crippen molar-refractivity contribution in [2.45, 2.75) is 38.5 Å². The first-order valence-electron chi connectivity index (χ1n) is 7.66. The molecule has 5 nitrogen and oxygen atoms in total. The lowest BCUT2D eigenvalue weighted by atomic mass is 9.84. The summed E-state index contributed by atoms with van der Waals surface area (Å²) in [6.07, 6.45) is 0.506. The summed E-state index contributed by atoms with van der Waals surface area (Å²) in [6.45, 7) is 4.07. The van der Waals surface area contributed by atoms with Crippen LogP contribution in [0.15, 0.2) is 24.3 Å². The smallest absolute Gasteiger partial charge is 0.229 e. The van der Waals surface area contributed by atoms with Crippen molar-refractivity contribution in [3.63, 3.8) is 0 Å². The van der Waals surface area contributed by atoms with Crippen molar-refractivity contribution in [3.05, 3.63) is 35.6 Å². The number of nitrogens with one attached hydrogen (secondary N) is 1. The Morgan fingerprint density at radius 2 is 1.83 bits per heavy atom. The van der Waals surface area contributed by atoms with E-state index in [2.05, 4.69) is 5.32 Å². The number of rotatable bonds is 6. The van der Waals surface area contributed by atoms with Gasteiger partial charge in [0.2, 0.25) is 17.7 Å². The maximum absolute atomic E-state index is 13.9. The van der Waals surface area contributed by atoms with E-state index >= 15 is 0 Å². The van der Waals surface area contributed by atoms with Crippen LogP contribution in [0, 0.1) is 5.82 Å². The number of hydrogen-bond donors (Lipinski definition) is 1. The Bertz CT molecular complexity index is 612. The molecule has 124 valence electrons. The number of benzene rings is 1. The molecule has 0 aliphatic carbocycles. The summed E-state index contributed by atoms with van der Waals surface area (Å²) < 4.78 is 13.9. The van der Waals surface area contributed by atoms with E-state index in [1.807, 2.05) is 13.8 Å². The zero-order valence-electron chi connectivity index (χ0n) is 13.4. The van der Waals surface area contributed by atoms with Gasteiger partial charge >= 0.3 is 0 Å². The van der Waals surface area contributed by atoms with Gasteiger partial charge in [-0.2, -0.15) is 0 Å². The molecule has 1 saturated heterocycles. The highest BCUT2D eigenvalue weighted by Crippen LogP contribution is 2.24. The van der Waals surface area contributed by atoms with Gasteiger partial charge in [0.1, 0.15) is 5.82 Å². The van der Waals surface area contributed by atoms with Gasteiger partial charge < -0.3 is 5.32 Å². The Morgan fingerprint density at radius 3 is 2.43 bits per heavy atom. The molecule has 1 aliphatic rings. The summed E-state index contributed by atoms with van der Waals surface area (Å²) in [5.41, 5.74) is -0.0227. The molecule has 0 atom stereocenters. The highest BCUT2D eigenvalue weighted by molar-refractivity contribution is 6.02. The minimum atomic E-state index is -0.555. The average molecular weight is 320 g/mol. The molecule has 1 aromatic rings. The molecule has 0 spiro atoms. The number of hydrogen-bond acceptors (Lipinski definition) is 3. The second-order valence-electron chi connectivity index (χ2n) is 6.33. The molecule has 2 rings (SSSR count). The van der Waals surface area contributed by atoms with Crippen molar-refractivity contribution in [1.82, 2.24) is 10.2 Å². The van der Waals surface area contributed by atoms with Gasteiger partial charge in [0.25, 0.3) is 0 Å². The van der Waals surface area contributed by atoms with E-state index in [0.717, 1.165) is 4.90 Å². The molecule has 0 bridgehead atoms. The number of nitrogens with zero attached hydrogens (tertiary/aromatic N) is 1. The van der Waals surface area contributed by atoms with Crippen LogP contribution in [0.1, 0.15) is 38.7 Å². The van der Waals surface area contributed by atoms with Crippen molar-refractivity contribution in [1.29, 1.82) is 0 Å². The second-order valence-corrected chi connectivity index (χ2v) is 6.33. The molecule has 0 saturated carbocycles. The quantitative estimate of drug-likeness (QED) is 0.812. The third-order valence-corrected chi connectivity index (χ3v) is 4.05. The highest BCUT2D eigenvalue weighted by Gasteiger charge is 2.29. The third-order valence-electron chi connectivity index (χ3n) is 4.05. The maximum Gasteiger partial charge on any atom is 0.229 e. The van der Waals surface area contributed by atoms with Crippen LogP contribution in [0.5, 0.6) is 0 Å². The topological polar surface area (TPSA) is 66.5 Å². The number of likely N-dealkylation sites (tertiary alicyclic amines) is 1. The molecular weight excluding hydrogens is 299 g/mol. The summed E-state index contributed by atoms with van der Waals surface area (Å²) in [6, 6.07) is 6.47. The second kappa shape index (κ2) is 6.89. The molecular formula is C17H21FN2O3. The summed E-state index contributed by atoms with van der Waals surface area (Å²) in [5, 5.41) is 2.75. The van der Waals surface area contributed by atoms with Gasteiger partial charge in [-0.05, 0) is 11.6 Å². The van der Waals surface area contributed by atoms with E-state index in [0.29, 0.717) is 5.56 Å². The molecule has 1 aliphatic heterocycles. The Morgan fingerprint density at radius 1 is 1.22 bits per heavy atom. The summed E-state index contributed by atoms with van der Waals surface area (Å²) in [7, 11) is 0. The van der Waals surface area contributed by atoms with Crippen LogP contribution in [0.4, 0.5) is 4.39 Å². The summed E-state index contributed by atoms with van der Waals surface area (Å²) in [4.78, 5) is 36.0. The molecule has 0 radical (unpaired) electrons. The van der Waals surface area contributed by atoms with E-state index in [1.165, 1.54) is 6.07 Å². The summed E-state index contributed by atoms with van der Waals surface area (Å²) >= 11 is 0. The minimum Gasteiger partial charge on any atom is -0.355 e. The number of carbonyl (C=O) groups is 3. The minimum absolute atomic E-state index is 0.0603. The van der Waals surface area contributed by atoms with Crippen LogP contribution in [-0.4, -0.2) is 35.7 Å². The van der Waals surface area contributed by atoms with Gasteiger partial charge in [0.15, 0.2) is 0 Å². The maximum atomic E-state index is 13.9. The van der Waals surface area contributed by atoms with Crippen molar-refractivity contribution in [2.75, 3.05) is 13.1 Å². The van der Waals surface area contributed by atoms with E-state index in [1.54, 1.807) is 18.2 Å². The fourth-order valence-electron chi connectivity index (χ4n) is 2.60. The van der Waals surface area contributed by atoms with Gasteiger partial charge in [0, 0.05) is 37.8 Å². The van der Waals surface area contributed by atoms with Gasteiger partial charge in [-0.25, -0.2) is 4.39 Å². The van der Waals surface area contributed by atoms with Crippen LogP contribution in [0.3, 0.4) is 0 Å². The van der Waals surface area contributed by atoms with Gasteiger partial charge in [-0.3, -0.25) is 19.3 Å². The van der Waals surface area contributed by atoms with E-state index in [4.69, 9.17) is 0 Å². The molecule has 1 N–H and O–H groups in total. The fourth-order valence-corrected chi connectivity index (χ4v) is 2.60. The van der Waals surface area contributed by atoms with E-state index in [9.17, 15) is 18.8 Å². The van der Waals surface area contributed by atoms with Crippen LogP contribution in [-0.2, 0) is 19.8 Å². The first-order valence-corrected chi connectivity index (χ1v) is 7.66. The zero-order chi connectivity index (χ0) is 17.0. The Kier molecular flexibility index (Phi) is 5.13. The normalized spacial score (nSPS) is 15.2. The predicted octanol–water partition coefficient (Wildman–Crippen LogP) is 1.76. The Balaban J connectivity index is 1.85. The SMILES string of the molecule is CC(C)(CNC(=O)CCN1C(=O)CCC1=O)c1ccccc1F. The number of amides is 3. The van der Waals surface area contributed by atoms with Crippen LogP contribution in [0.2, 0.25) is 0 Å². The lowest BCUT2D eigenvalue weighted by Gasteiger charge is -2.26. The van der Waals surface area contributed by atoms with Crippen molar-refractivity contribution < 1.29 is 18.8 Å². The molecule has 1 fully saturated rings. The largest absolute Gasteiger partial charge is 0.355 e. The standard InChI is InChI=1S/C17H21FN2O3/c1-17(2,12-5-3-4-6-13(12)18)11-19-14(21)9-10-20-15(22)7-8-16(20)23/h3-6H,7-11H2,1-2H3,(H,19,21). The molecule has 6 heteroatoms. The molecule has 3 amide bonds. The first kappa shape index (κ1) is 17.1. The van der Waals surface area contributed by atoms with E-state index in [-0.39, 0.29) is 55.9 Å². The van der Waals surface area contributed by atoms with Gasteiger partial charge in [0.05, 0.1) is 0 Å². The molecule has 1 heterocycles. The van der Waals surface area contributed by atoms with Gasteiger partial charge in [-0.1, -0.05) is 32.0 Å². The van der Waals surface area contributed by atoms with Crippen molar-refractivity contribution in [2.24, 2.45) is 0 Å². The monoisotopic (exact) mass is 320 g/mol. The lowest BCUT2D eigenvalue weighted by Crippen LogP contribution is -2.39. The van der Waals surface area contributed by atoms with Gasteiger partial charge in [-0.15, -0.1) is 0 Å². The lowest BCUT2D eigenvalue weighted by molar-refractivity contribution is -0.138. The van der Waals surface area contributed by atoms with Crippen LogP contribution in [0.25, 0.3) is 0 Å². The van der Waals surface area contributed by atoms with Crippen molar-refractivity contribution in [3.8, 4) is 0 Å². The number of carbonyl (C=O) groups excluding carboxylic acids is 3. The summed E-state index contributed by atoms with van der Waals surface area (Å²) in [5.74, 6) is -1.02. The zero-order valence-corrected chi connectivity index (χ0v) is 13.4. The average Bonchev–Trinajstić information content (AvgIpc) is 2.82. The van der Waals surface area contributed by atoms with Crippen molar-refractivity contribution >= 4 is 17.7 Å². The molecule has 1 aromatic carbocycles. The highest BCUT2D eigenvalue weighted by atomic mass is 19.1. The van der Waals surface area contributed by atoms with Crippen LogP contribution >= 0.6 is 0 Å². The van der Waals surface area contributed by atoms with E-state index < -0.39 is 5.41 Å². The Hall–Kier alpha value is -2.24. The Labute approximate surface area is 134 Å². The van der Waals surface area contributed by atoms with Crippen LogP contribution < -0.4 is 5.32 Å². The predicted molar refractivity (Wildman–Crippen MR) is 83.0 cm³/mol. The third kappa shape index (κ3) is 4.15. The number of halogens is 1. The first-order chi connectivity index (χ1) is 10.8. The molecule has 0 unspecified atom stereocenters. The molecule has 23 heavy (non-hydrogen) atoms. The number of imide groups is 1.